The first kappa shape index (κ1) is 116. The van der Waals surface area contributed by atoms with Gasteiger partial charge in [-0.25, -0.2) is 28.8 Å². The highest BCUT2D eigenvalue weighted by Gasteiger charge is 2.65. The van der Waals surface area contributed by atoms with Gasteiger partial charge in [-0.15, -0.1) is 0 Å². The highest BCUT2D eigenvalue weighted by molar-refractivity contribution is 5.78. The van der Waals surface area contributed by atoms with Crippen molar-refractivity contribution in [1.82, 2.24) is 26.6 Å². The summed E-state index contributed by atoms with van der Waals surface area (Å²) in [5.74, 6) is -18.0. The number of amides is 5. The SMILES string of the molecule is CC(=O)N[C@H]1[C@H](O[C@H]2[C@H](O)[C@@H](O)[C@H](O[C@H]3[C@H](O)[C@@H](CO)O[C@@H](O[C@H]4[C@H](O)[C@@H](O)[C@H](O[C@H]5[C@H](O)[C@@H](CO)O[C@@H](O[C@H]6[C@H](O)[C@@H](O)[C@H](O[C@H]7[C@H](O)[C@@H](CO)O[C@@H](O[C@H]8[C@H](O)[C@@H](O)[C@H](O[C@H]9[C@H](O)[C@@H](CO)O[C@@H](O[C@H]%10[C@H](O)[C@@H](O)C(O)O[C@@H]%10C(=O)O)[C@@H]9NC(C)=O)O[C@@H]8C(=O)O)[C@@H]7NC(C)=O)O[C@@H]6C(=O)O)[C@@H]5NC(C)=O)O[C@@H]4C(=O)O)[C@@H]3NC(C)=O)O[C@@H]2C(=O)O)O[C@H](CO)[C@@H](O)[C@@H]1O[C@@H]1O[C@H](C(=O)O)[C@@H](O)[C@H](O)[C@H]1O. The Morgan fingerprint density at radius 1 is 0.189 bits per heavy atom. The number of hydrogen-bond donors (Lipinski definition) is 35. The largest absolute Gasteiger partial charge is 0.479 e. The first-order valence-electron chi connectivity index (χ1n) is 43.6. The summed E-state index contributed by atoms with van der Waals surface area (Å²) in [6.45, 7) is -2.32. The molecule has 0 aromatic carbocycles. The second-order valence-corrected chi connectivity index (χ2v) is 34.7. The fourth-order valence-electron chi connectivity index (χ4n) is 17.8. The maximum Gasteiger partial charge on any atom is 0.335 e. The standard InChI is InChI=1S/C76H115N5O62/c1-11(87)77-21-44(129-72-39(105)31(97)32(98)54(139-72)60(110)111)26(92)16(6-82)124-68(21)135-50-34(100)41(107)74(141-56(50)62(114)115)131-46-23(79-13(3)89)70(126-18(8-84)28(46)94)137-52-36(102)43(109)76(143-58(52)64(118)119)133-48-25(81-15(5)91)71(127-20(10-86)30(48)96)138-53-37(103)42(108)75(142-59(53)65(120)121)132-47-24(80-14(4)90)69(125-19(9-85)29(47)95)136-51-35(101)40(106)73(140-57(51)63(116)117)130-45-22(78-12(2)88)67(123-17(7-83)27(45)93)134-49-33(99)38(104)66(122)128-55(49)61(112)113/h16-59,66-76,82-86,92-109,122H,6-10H2,1-5H3,(H,77,87)(H,78,88)(H,79,89)(H,80,90)(H,81,91)(H,110,111)(H,112,113)(H,114,115)(H,116,117)(H,118,119)(H,120,121)/t16-,17-,18-,19-,20-,21-,22-,23-,24-,25-,26-,27-,28-,29-,30-,31+,32+,33-,34-,35-,36-,37-,38-,39-,40-,41-,42-,43-,44-,45-,46-,47-,48-,49+,50+,51+,52+,53+,54+,55+,56+,57+,58+,59+,66?,67+,68+,69+,70+,71+,72-,73-,74-,75-,76-/m1/s1. The smallest absolute Gasteiger partial charge is 0.335 e. The average Bonchev–Trinajstić information content (AvgIpc) is 0.763. The Labute approximate surface area is 800 Å². The molecule has 0 spiro atoms. The summed E-state index contributed by atoms with van der Waals surface area (Å²) in [5.41, 5.74) is 0. The number of aliphatic hydroxyl groups excluding tert-OH is 24. The van der Waals surface area contributed by atoms with Crippen LogP contribution in [0.25, 0.3) is 0 Å². The molecule has 0 aromatic rings. The van der Waals surface area contributed by atoms with Crippen molar-refractivity contribution in [2.24, 2.45) is 0 Å². The first-order valence-corrected chi connectivity index (χ1v) is 43.6. The normalized spacial score (nSPS) is 47.2. The maximum atomic E-state index is 13.5. The number of rotatable bonds is 36. The van der Waals surface area contributed by atoms with E-state index in [9.17, 15) is 206 Å². The molecule has 143 heavy (non-hydrogen) atoms. The number of nitrogens with one attached hydrogen (secondary N) is 5. The van der Waals surface area contributed by atoms with Gasteiger partial charge in [-0.3, -0.25) is 24.0 Å². The third-order valence-electron chi connectivity index (χ3n) is 24.8. The van der Waals surface area contributed by atoms with Gasteiger partial charge in [0.05, 0.1) is 33.0 Å². The lowest BCUT2D eigenvalue weighted by atomic mass is 9.93. The lowest BCUT2D eigenvalue weighted by molar-refractivity contribution is -0.382. The van der Waals surface area contributed by atoms with Crippen LogP contribution in [0.2, 0.25) is 0 Å². The van der Waals surface area contributed by atoms with E-state index in [4.69, 9.17) is 99.5 Å². The molecule has 67 heteroatoms. The topological polar surface area (TPSA) is 1050 Å². The van der Waals surface area contributed by atoms with Gasteiger partial charge in [0.25, 0.3) is 0 Å². The van der Waals surface area contributed by atoms with Crippen molar-refractivity contribution in [3.63, 3.8) is 0 Å². The number of carbonyl (C=O) groups excluding carboxylic acids is 5. The van der Waals surface area contributed by atoms with Crippen LogP contribution in [0.15, 0.2) is 0 Å². The van der Waals surface area contributed by atoms with Crippen molar-refractivity contribution < 1.29 is 305 Å². The van der Waals surface area contributed by atoms with E-state index in [0.29, 0.717) is 0 Å². The van der Waals surface area contributed by atoms with Crippen molar-refractivity contribution in [2.75, 3.05) is 33.0 Å². The van der Waals surface area contributed by atoms with Gasteiger partial charge >= 0.3 is 35.8 Å². The van der Waals surface area contributed by atoms with Gasteiger partial charge < -0.3 is 279 Å². The van der Waals surface area contributed by atoms with Crippen molar-refractivity contribution in [3.8, 4) is 0 Å². The van der Waals surface area contributed by atoms with Crippen LogP contribution in [0.3, 0.4) is 0 Å². The fourth-order valence-corrected chi connectivity index (χ4v) is 17.8. The van der Waals surface area contributed by atoms with E-state index >= 15 is 0 Å². The molecule has 5 amide bonds. The lowest BCUT2D eigenvalue weighted by Gasteiger charge is -2.51. The highest BCUT2D eigenvalue weighted by Crippen LogP contribution is 2.43. The summed E-state index contributed by atoms with van der Waals surface area (Å²) >= 11 is 0. The zero-order valence-electron chi connectivity index (χ0n) is 74.8. The zero-order valence-corrected chi connectivity index (χ0v) is 74.8. The van der Waals surface area contributed by atoms with Gasteiger partial charge in [0, 0.05) is 34.6 Å². The summed E-state index contributed by atoms with van der Waals surface area (Å²) in [4.78, 5) is 143. The third kappa shape index (κ3) is 25.1. The predicted octanol–water partition coefficient (Wildman–Crippen LogP) is -23.7. The van der Waals surface area contributed by atoms with Crippen molar-refractivity contribution in [1.29, 1.82) is 0 Å². The van der Waals surface area contributed by atoms with Crippen LogP contribution in [0.1, 0.15) is 34.6 Å². The second-order valence-electron chi connectivity index (χ2n) is 34.7. The molecule has 11 aliphatic heterocycles. The molecule has 816 valence electrons. The predicted molar refractivity (Wildman–Crippen MR) is 424 cm³/mol. The van der Waals surface area contributed by atoms with E-state index < -0.39 is 436 Å². The van der Waals surface area contributed by atoms with Crippen molar-refractivity contribution in [3.05, 3.63) is 0 Å². The van der Waals surface area contributed by atoms with Gasteiger partial charge in [0.15, 0.2) is 106 Å². The van der Waals surface area contributed by atoms with Crippen molar-refractivity contribution >= 4 is 65.4 Å². The van der Waals surface area contributed by atoms with Crippen LogP contribution in [0.5, 0.6) is 0 Å². The Balaban J connectivity index is 0.788. The van der Waals surface area contributed by atoms with Gasteiger partial charge in [0.2, 0.25) is 29.5 Å². The molecular weight excluding hydrogens is 1970 g/mol. The summed E-state index contributed by atoms with van der Waals surface area (Å²) in [5, 5.41) is 343. The molecule has 11 heterocycles. The molecule has 1 unspecified atom stereocenters. The minimum absolute atomic E-state index is 0.776. The molecule has 0 saturated carbocycles. The van der Waals surface area contributed by atoms with Gasteiger partial charge in [-0.2, -0.15) is 0 Å². The molecule has 35 N–H and O–H groups in total. The summed E-state index contributed by atoms with van der Waals surface area (Å²) in [7, 11) is 0. The number of carbonyl (C=O) groups is 11. The number of aliphatic hydroxyl groups is 24. The van der Waals surface area contributed by atoms with E-state index in [2.05, 4.69) is 26.6 Å². The Hall–Kier alpha value is -7.63. The molecule has 11 saturated heterocycles. The van der Waals surface area contributed by atoms with Crippen LogP contribution < -0.4 is 26.6 Å². The lowest BCUT2D eigenvalue weighted by Crippen LogP contribution is -2.72. The van der Waals surface area contributed by atoms with Crippen LogP contribution in [-0.2, 0) is 152 Å². The Morgan fingerprint density at radius 3 is 0.524 bits per heavy atom. The molecule has 11 fully saturated rings. The average molecular weight is 2090 g/mol. The second kappa shape index (κ2) is 48.8. The molecule has 11 aliphatic rings. The molecular formula is C76H115N5O62. The number of carboxylic acid groups (broad SMARTS) is 6. The van der Waals surface area contributed by atoms with E-state index in [1.807, 2.05) is 0 Å². The zero-order chi connectivity index (χ0) is 106. The van der Waals surface area contributed by atoms with E-state index in [1.165, 1.54) is 0 Å². The number of aliphatic carboxylic acids is 6. The monoisotopic (exact) mass is 2090 g/mol. The molecule has 0 aromatic heterocycles. The number of hydrogen-bond acceptors (Lipinski definition) is 56. The first-order chi connectivity index (χ1) is 67.1. The van der Waals surface area contributed by atoms with E-state index in [1.54, 1.807) is 0 Å². The van der Waals surface area contributed by atoms with Crippen LogP contribution in [0, 0.1) is 0 Å². The van der Waals surface area contributed by atoms with Gasteiger partial charge in [0.1, 0.15) is 232 Å². The van der Waals surface area contributed by atoms with E-state index in [0.717, 1.165) is 34.6 Å². The van der Waals surface area contributed by atoms with Crippen LogP contribution >= 0.6 is 0 Å². The molecule has 11 rings (SSSR count). The van der Waals surface area contributed by atoms with E-state index in [-0.39, 0.29) is 0 Å². The highest BCUT2D eigenvalue weighted by atomic mass is 16.8. The summed E-state index contributed by atoms with van der Waals surface area (Å²) < 4.78 is 119. The molecule has 0 bridgehead atoms. The van der Waals surface area contributed by atoms with Crippen molar-refractivity contribution in [2.45, 2.75) is 372 Å². The molecule has 0 radical (unpaired) electrons. The third-order valence-corrected chi connectivity index (χ3v) is 24.8. The van der Waals surface area contributed by atoms with Crippen LogP contribution in [-0.4, -0.2) is 589 Å². The van der Waals surface area contributed by atoms with Crippen LogP contribution in [0.4, 0.5) is 0 Å². The quantitative estimate of drug-likeness (QED) is 0.0277. The minimum Gasteiger partial charge on any atom is -0.479 e. The molecule has 67 nitrogen and oxygen atoms in total. The fraction of sp³-hybridized carbons (Fsp3) is 0.855. The maximum absolute atomic E-state index is 13.5. The summed E-state index contributed by atoms with van der Waals surface area (Å²) in [6.07, 6.45) is -121. The minimum atomic E-state index is -2.77. The van der Waals surface area contributed by atoms with Gasteiger partial charge in [-0.05, 0) is 0 Å². The van der Waals surface area contributed by atoms with Gasteiger partial charge in [-0.1, -0.05) is 0 Å². The Bertz CT molecular complexity index is 4290. The summed E-state index contributed by atoms with van der Waals surface area (Å²) in [6, 6.07) is -10.8. The number of carboxylic acids is 6. The molecule has 0 aliphatic carbocycles. The number of ether oxygens (including phenoxy) is 21. The Morgan fingerprint density at radius 2 is 0.350 bits per heavy atom. The molecule has 55 atom stereocenters. The Kier molecular flexibility index (Phi) is 39.4.